The normalized spacial score (nSPS) is 34.4. The summed E-state index contributed by atoms with van der Waals surface area (Å²) in [6.07, 6.45) is 9.02. The smallest absolute Gasteiger partial charge is 0.264 e. The second-order valence-corrected chi connectivity index (χ2v) is 9.17. The van der Waals surface area contributed by atoms with Crippen molar-refractivity contribution in [2.75, 3.05) is 0 Å². The molecule has 0 unspecified atom stereocenters. The summed E-state index contributed by atoms with van der Waals surface area (Å²) in [5, 5.41) is 16.6. The Bertz CT molecular complexity index is 850. The lowest BCUT2D eigenvalue weighted by Crippen LogP contribution is -2.32. The molecular formula is C19H25N5OS. The van der Waals surface area contributed by atoms with E-state index in [4.69, 9.17) is 0 Å². The minimum atomic E-state index is -0.127. The standard InChI is InChI=1S/C19H25N5OS/c1-5-24-11-12(10-20-24)8-14-16(25)21-17(26-14)23-22-15-9-13-6-7-19(15,4)18(13,2)3/h8,10-11,13H,5-7,9H2,1-4H3,(H,21,23,25)/b14-8+,22-15-/t13-,19+/m1/s1. The van der Waals surface area contributed by atoms with E-state index in [1.807, 2.05) is 23.9 Å². The highest BCUT2D eigenvalue weighted by atomic mass is 32.2. The summed E-state index contributed by atoms with van der Waals surface area (Å²) in [6.45, 7) is 9.86. The van der Waals surface area contributed by atoms with Crippen LogP contribution in [0.3, 0.4) is 0 Å². The molecule has 1 aromatic heterocycles. The van der Waals surface area contributed by atoms with Crippen molar-refractivity contribution in [2.24, 2.45) is 27.0 Å². The average molecular weight is 372 g/mol. The Morgan fingerprint density at radius 3 is 2.85 bits per heavy atom. The van der Waals surface area contributed by atoms with Gasteiger partial charge in [-0.25, -0.2) is 0 Å². The van der Waals surface area contributed by atoms with Crippen molar-refractivity contribution in [1.82, 2.24) is 15.1 Å². The van der Waals surface area contributed by atoms with Crippen molar-refractivity contribution in [3.8, 4) is 0 Å². The third-order valence-electron chi connectivity index (χ3n) is 6.70. The van der Waals surface area contributed by atoms with Crippen LogP contribution < -0.4 is 5.32 Å². The fourth-order valence-corrected chi connectivity index (χ4v) is 5.21. The van der Waals surface area contributed by atoms with Crippen LogP contribution in [0.15, 0.2) is 27.5 Å². The Hall–Kier alpha value is -1.89. The number of nitrogens with one attached hydrogen (secondary N) is 1. The minimum absolute atomic E-state index is 0.127. The topological polar surface area (TPSA) is 71.6 Å². The molecule has 2 saturated carbocycles. The second kappa shape index (κ2) is 6.08. The van der Waals surface area contributed by atoms with Crippen molar-refractivity contribution in [1.29, 1.82) is 0 Å². The quantitative estimate of drug-likeness (QED) is 0.651. The molecule has 1 aliphatic heterocycles. The van der Waals surface area contributed by atoms with Crippen LogP contribution in [0.1, 0.15) is 52.5 Å². The van der Waals surface area contributed by atoms with E-state index in [0.717, 1.165) is 18.5 Å². The molecule has 2 heterocycles. The number of aromatic nitrogens is 2. The molecule has 3 aliphatic rings. The van der Waals surface area contributed by atoms with Gasteiger partial charge in [0.15, 0.2) is 5.17 Å². The molecule has 7 heteroatoms. The zero-order chi connectivity index (χ0) is 18.5. The maximum absolute atomic E-state index is 12.2. The largest absolute Gasteiger partial charge is 0.299 e. The van der Waals surface area contributed by atoms with E-state index in [9.17, 15) is 4.79 Å². The Balaban J connectivity index is 1.52. The molecule has 2 aliphatic carbocycles. The first-order valence-electron chi connectivity index (χ1n) is 9.22. The van der Waals surface area contributed by atoms with Gasteiger partial charge in [-0.2, -0.15) is 10.2 Å². The minimum Gasteiger partial charge on any atom is -0.299 e. The van der Waals surface area contributed by atoms with Crippen LogP contribution in [0.4, 0.5) is 0 Å². The van der Waals surface area contributed by atoms with Crippen molar-refractivity contribution in [3.05, 3.63) is 22.9 Å². The van der Waals surface area contributed by atoms with Crippen molar-refractivity contribution < 1.29 is 4.79 Å². The molecule has 26 heavy (non-hydrogen) atoms. The summed E-state index contributed by atoms with van der Waals surface area (Å²) in [6, 6.07) is 0. The molecule has 3 fully saturated rings. The van der Waals surface area contributed by atoms with Crippen LogP contribution in [0, 0.1) is 16.7 Å². The maximum atomic E-state index is 12.2. The number of nitrogens with zero attached hydrogens (tertiary/aromatic N) is 4. The first-order valence-corrected chi connectivity index (χ1v) is 10.0. The molecule has 0 radical (unpaired) electrons. The van der Waals surface area contributed by atoms with Gasteiger partial charge in [0.25, 0.3) is 5.91 Å². The lowest BCUT2D eigenvalue weighted by atomic mass is 9.70. The summed E-state index contributed by atoms with van der Waals surface area (Å²) in [7, 11) is 0. The SMILES string of the molecule is CCn1cc(/C=C2/S/C(=N\N=C3\C[C@H]4CC[C@]3(C)C4(C)C)NC2=O)cn1. The number of amides is 1. The fourth-order valence-electron chi connectivity index (χ4n) is 4.44. The van der Waals surface area contributed by atoms with Gasteiger partial charge in [0.1, 0.15) is 0 Å². The van der Waals surface area contributed by atoms with Crippen LogP contribution in [0.5, 0.6) is 0 Å². The summed E-state index contributed by atoms with van der Waals surface area (Å²) < 4.78 is 1.84. The number of amidine groups is 1. The number of carbonyl (C=O) groups excluding carboxylic acids is 1. The Labute approximate surface area is 158 Å². The number of fused-ring (bicyclic) bond motifs is 2. The second-order valence-electron chi connectivity index (χ2n) is 8.14. The van der Waals surface area contributed by atoms with Gasteiger partial charge in [-0.05, 0) is 55.4 Å². The Morgan fingerprint density at radius 2 is 2.23 bits per heavy atom. The fraction of sp³-hybridized carbons (Fsp3) is 0.579. The lowest BCUT2D eigenvalue weighted by molar-refractivity contribution is -0.115. The first-order chi connectivity index (χ1) is 12.3. The number of carbonyl (C=O) groups is 1. The summed E-state index contributed by atoms with van der Waals surface area (Å²) in [5.41, 5.74) is 2.51. The van der Waals surface area contributed by atoms with E-state index in [-0.39, 0.29) is 16.7 Å². The van der Waals surface area contributed by atoms with Gasteiger partial charge in [0.05, 0.1) is 11.1 Å². The van der Waals surface area contributed by atoms with Crippen LogP contribution in [-0.4, -0.2) is 26.6 Å². The molecule has 0 aromatic carbocycles. The van der Waals surface area contributed by atoms with E-state index in [1.54, 1.807) is 6.20 Å². The predicted octanol–water partition coefficient (Wildman–Crippen LogP) is 3.67. The van der Waals surface area contributed by atoms with Crippen LogP contribution in [-0.2, 0) is 11.3 Å². The highest BCUT2D eigenvalue weighted by Crippen LogP contribution is 2.64. The number of thioether (sulfide) groups is 1. The monoisotopic (exact) mass is 371 g/mol. The lowest BCUT2D eigenvalue weighted by Gasteiger charge is -2.34. The number of hydrogen-bond donors (Lipinski definition) is 1. The van der Waals surface area contributed by atoms with Crippen LogP contribution >= 0.6 is 11.8 Å². The third kappa shape index (κ3) is 2.64. The third-order valence-corrected chi connectivity index (χ3v) is 7.60. The van der Waals surface area contributed by atoms with Crippen LogP contribution in [0.2, 0.25) is 0 Å². The van der Waals surface area contributed by atoms with Gasteiger partial charge in [0.2, 0.25) is 0 Å². The predicted molar refractivity (Wildman–Crippen MR) is 106 cm³/mol. The molecule has 1 aromatic rings. The molecule has 4 rings (SSSR count). The van der Waals surface area contributed by atoms with Crippen molar-refractivity contribution >= 4 is 34.6 Å². The molecule has 0 spiro atoms. The summed E-state index contributed by atoms with van der Waals surface area (Å²) in [5.74, 6) is 0.570. The van der Waals surface area contributed by atoms with E-state index in [2.05, 4.69) is 41.4 Å². The molecule has 1 N–H and O–H groups in total. The Morgan fingerprint density at radius 1 is 1.42 bits per heavy atom. The van der Waals surface area contributed by atoms with Crippen molar-refractivity contribution in [3.63, 3.8) is 0 Å². The number of rotatable bonds is 3. The zero-order valence-electron chi connectivity index (χ0n) is 15.7. The molecule has 138 valence electrons. The molecule has 6 nitrogen and oxygen atoms in total. The first kappa shape index (κ1) is 17.5. The van der Waals surface area contributed by atoms with Gasteiger partial charge in [-0.15, -0.1) is 5.10 Å². The summed E-state index contributed by atoms with van der Waals surface area (Å²) >= 11 is 1.34. The highest BCUT2D eigenvalue weighted by molar-refractivity contribution is 8.18. The number of hydrogen-bond acceptors (Lipinski definition) is 5. The number of aryl methyl sites for hydroxylation is 1. The van der Waals surface area contributed by atoms with Crippen molar-refractivity contribution in [2.45, 2.75) is 53.5 Å². The molecule has 1 saturated heterocycles. The van der Waals surface area contributed by atoms with Gasteiger partial charge in [-0.1, -0.05) is 20.8 Å². The maximum Gasteiger partial charge on any atom is 0.264 e. The van der Waals surface area contributed by atoms with Gasteiger partial charge < -0.3 is 0 Å². The molecule has 1 amide bonds. The summed E-state index contributed by atoms with van der Waals surface area (Å²) in [4.78, 5) is 12.8. The Kier molecular flexibility index (Phi) is 4.10. The highest BCUT2D eigenvalue weighted by Gasteiger charge is 2.60. The van der Waals surface area contributed by atoms with E-state index >= 15 is 0 Å². The van der Waals surface area contributed by atoms with Gasteiger partial charge in [0, 0.05) is 29.4 Å². The molecular weight excluding hydrogens is 346 g/mol. The van der Waals surface area contributed by atoms with Crippen LogP contribution in [0.25, 0.3) is 6.08 Å². The molecule has 2 atom stereocenters. The van der Waals surface area contributed by atoms with E-state index in [1.165, 1.54) is 30.3 Å². The van der Waals surface area contributed by atoms with E-state index in [0.29, 0.717) is 16.0 Å². The van der Waals surface area contributed by atoms with E-state index < -0.39 is 0 Å². The van der Waals surface area contributed by atoms with Gasteiger partial charge in [-0.3, -0.25) is 14.8 Å². The zero-order valence-corrected chi connectivity index (χ0v) is 16.6. The average Bonchev–Trinajstić information content (AvgIpc) is 3.29. The van der Waals surface area contributed by atoms with Gasteiger partial charge >= 0.3 is 0 Å². The molecule has 2 bridgehead atoms.